The number of rotatable bonds is 4. The fraction of sp³-hybridized carbons (Fsp3) is 0.0227. The molecule has 0 heterocycles. The second kappa shape index (κ2) is 11.8. The van der Waals surface area contributed by atoms with Crippen LogP contribution in [-0.2, 0) is 5.41 Å². The average Bonchev–Trinajstić information content (AvgIpc) is 3.59. The maximum Gasteiger partial charge on any atom is 0.235 e. The van der Waals surface area contributed by atoms with E-state index < -0.39 is 11.2 Å². The Labute approximate surface area is 288 Å². The second-order valence-electron chi connectivity index (χ2n) is 11.7. The molecule has 0 aliphatic heterocycles. The Bertz CT molecular complexity index is 2380. The van der Waals surface area contributed by atoms with Crippen molar-refractivity contribution in [2.45, 2.75) is 5.41 Å². The number of ketones is 2. The van der Waals surface area contributed by atoms with Crippen LogP contribution < -0.4 is 0 Å². The minimum absolute atomic E-state index is 0.289. The Hall–Kier alpha value is -5.68. The van der Waals surface area contributed by atoms with Gasteiger partial charge < -0.3 is 0 Å². The highest BCUT2D eigenvalue weighted by atomic mass is 35.5. The van der Waals surface area contributed by atoms with Crippen LogP contribution in [0.3, 0.4) is 0 Å². The van der Waals surface area contributed by atoms with Crippen LogP contribution in [0.25, 0.3) is 27.8 Å². The summed E-state index contributed by atoms with van der Waals surface area (Å²) in [4.78, 5) is 28.9. The van der Waals surface area contributed by atoms with Gasteiger partial charge in [0.05, 0.1) is 5.57 Å². The molecule has 4 heteroatoms. The van der Waals surface area contributed by atoms with Crippen LogP contribution in [0.15, 0.2) is 157 Å². The number of Topliss-reactive ketones (excluding diaryl/α,β-unsaturated/α-hetero) is 2. The van der Waals surface area contributed by atoms with Crippen molar-refractivity contribution in [2.75, 3.05) is 0 Å². The molecule has 8 rings (SSSR count). The molecule has 0 atom stereocenters. The van der Waals surface area contributed by atoms with Crippen LogP contribution in [0.2, 0.25) is 10.0 Å². The van der Waals surface area contributed by atoms with E-state index >= 15 is 4.79 Å². The smallest absolute Gasteiger partial charge is 0.235 e. The lowest BCUT2D eigenvalue weighted by Gasteiger charge is -2.28. The van der Waals surface area contributed by atoms with Gasteiger partial charge in [-0.3, -0.25) is 9.59 Å². The first-order chi connectivity index (χ1) is 23.5. The zero-order valence-corrected chi connectivity index (χ0v) is 26.9. The second-order valence-corrected chi connectivity index (χ2v) is 12.6. The standard InChI is InChI=1S/C44H24Cl2O2/c45-30-13-9-11-28(25-30)42(47)23-24-44(39-21-7-5-19-36(39)37-20-6-8-22-40(37)44)41(43(48)29-12-10-14-31(46)26-29)27-38-34-17-3-1-15-32(34)33-16-2-4-18-35(33)38/h1-22,25-26H. The molecule has 0 saturated carbocycles. The lowest BCUT2D eigenvalue weighted by Crippen LogP contribution is -2.31. The van der Waals surface area contributed by atoms with Crippen molar-refractivity contribution in [1.82, 2.24) is 0 Å². The third kappa shape index (κ3) is 4.77. The summed E-state index contributed by atoms with van der Waals surface area (Å²) < 4.78 is 0. The summed E-state index contributed by atoms with van der Waals surface area (Å²) in [6, 6.07) is 45.8. The fourth-order valence-corrected chi connectivity index (χ4v) is 7.31. The van der Waals surface area contributed by atoms with Crippen LogP contribution in [-0.4, -0.2) is 11.6 Å². The normalized spacial score (nSPS) is 12.8. The molecule has 0 bridgehead atoms. The summed E-state index contributed by atoms with van der Waals surface area (Å²) in [5.41, 5.74) is 11.7. The van der Waals surface area contributed by atoms with Crippen LogP contribution in [0.5, 0.6) is 0 Å². The fourth-order valence-electron chi connectivity index (χ4n) is 6.93. The molecule has 2 aliphatic rings. The Morgan fingerprint density at radius 2 is 0.958 bits per heavy atom. The zero-order valence-electron chi connectivity index (χ0n) is 25.4. The lowest BCUT2D eigenvalue weighted by molar-refractivity contribution is 0.102. The first-order valence-corrected chi connectivity index (χ1v) is 16.2. The van der Waals surface area contributed by atoms with Crippen molar-refractivity contribution in [1.29, 1.82) is 0 Å². The molecule has 6 aromatic rings. The highest BCUT2D eigenvalue weighted by molar-refractivity contribution is 6.31. The first-order valence-electron chi connectivity index (χ1n) is 15.5. The monoisotopic (exact) mass is 654 g/mol. The van der Waals surface area contributed by atoms with Gasteiger partial charge in [-0.2, -0.15) is 0 Å². The molecule has 226 valence electrons. The third-order valence-electron chi connectivity index (χ3n) is 9.02. The van der Waals surface area contributed by atoms with Crippen molar-refractivity contribution in [3.05, 3.63) is 200 Å². The van der Waals surface area contributed by atoms with E-state index in [4.69, 9.17) is 23.2 Å². The lowest BCUT2D eigenvalue weighted by atomic mass is 9.70. The molecule has 0 amide bonds. The van der Waals surface area contributed by atoms with Crippen molar-refractivity contribution in [3.63, 3.8) is 0 Å². The SMILES string of the molecule is O=C(C#CC1(C(=C=C2c3ccccc3-c3ccccc32)C(=O)c2cccc(Cl)c2)c2ccccc2-c2ccccc21)c1cccc(Cl)c1. The van der Waals surface area contributed by atoms with E-state index in [0.717, 1.165) is 50.1 Å². The number of fused-ring (bicyclic) bond motifs is 6. The quantitative estimate of drug-likeness (QED) is 0.0622. The molecule has 0 unspecified atom stereocenters. The van der Waals surface area contributed by atoms with E-state index in [1.165, 1.54) is 0 Å². The molecule has 6 aromatic carbocycles. The summed E-state index contributed by atoms with van der Waals surface area (Å²) >= 11 is 12.7. The topological polar surface area (TPSA) is 34.1 Å². The molecule has 0 spiro atoms. The Balaban J connectivity index is 1.53. The number of hydrogen-bond acceptors (Lipinski definition) is 2. The molecule has 0 aromatic heterocycles. The van der Waals surface area contributed by atoms with Gasteiger partial charge in [-0.1, -0.05) is 150 Å². The summed E-state index contributed by atoms with van der Waals surface area (Å²) in [6.07, 6.45) is 0. The van der Waals surface area contributed by atoms with Gasteiger partial charge in [-0.05, 0) is 74.7 Å². The van der Waals surface area contributed by atoms with E-state index in [2.05, 4.69) is 41.8 Å². The third-order valence-corrected chi connectivity index (χ3v) is 9.49. The van der Waals surface area contributed by atoms with Gasteiger partial charge in [-0.15, -0.1) is 5.73 Å². The van der Waals surface area contributed by atoms with Gasteiger partial charge in [0.15, 0.2) is 5.78 Å². The van der Waals surface area contributed by atoms with E-state index in [-0.39, 0.29) is 5.78 Å². The molecule has 0 radical (unpaired) electrons. The van der Waals surface area contributed by atoms with Crippen LogP contribution in [0.4, 0.5) is 0 Å². The number of carbonyl (C=O) groups is 2. The number of benzene rings is 6. The highest BCUT2D eigenvalue weighted by Crippen LogP contribution is 2.54. The summed E-state index contributed by atoms with van der Waals surface area (Å²) in [5, 5.41) is 0.877. The average molecular weight is 656 g/mol. The van der Waals surface area contributed by atoms with Gasteiger partial charge in [0.2, 0.25) is 5.78 Å². The summed E-state index contributed by atoms with van der Waals surface area (Å²) in [6.45, 7) is 0. The molecule has 2 aliphatic carbocycles. The maximum atomic E-state index is 15.1. The summed E-state index contributed by atoms with van der Waals surface area (Å²) in [5.74, 6) is 5.67. The van der Waals surface area contributed by atoms with Crippen molar-refractivity contribution in [3.8, 4) is 34.1 Å². The first kappa shape index (κ1) is 29.7. The number of hydrogen-bond donors (Lipinski definition) is 0. The number of halogens is 2. The van der Waals surface area contributed by atoms with E-state index in [1.807, 2.05) is 72.8 Å². The Morgan fingerprint density at radius 3 is 1.50 bits per heavy atom. The molecule has 48 heavy (non-hydrogen) atoms. The van der Waals surface area contributed by atoms with E-state index in [9.17, 15) is 4.79 Å². The molecule has 0 N–H and O–H groups in total. The predicted octanol–water partition coefficient (Wildman–Crippen LogP) is 10.7. The largest absolute Gasteiger partial charge is 0.288 e. The van der Waals surface area contributed by atoms with Gasteiger partial charge in [0.25, 0.3) is 0 Å². The van der Waals surface area contributed by atoms with Gasteiger partial charge >= 0.3 is 0 Å². The molecule has 0 saturated heterocycles. The minimum atomic E-state index is -1.36. The van der Waals surface area contributed by atoms with Gasteiger partial charge in [0, 0.05) is 26.7 Å². The van der Waals surface area contributed by atoms with Crippen molar-refractivity contribution in [2.24, 2.45) is 0 Å². The van der Waals surface area contributed by atoms with E-state index in [1.54, 1.807) is 48.5 Å². The van der Waals surface area contributed by atoms with Crippen LogP contribution in [0.1, 0.15) is 43.0 Å². The van der Waals surface area contributed by atoms with Gasteiger partial charge in [0.1, 0.15) is 5.41 Å². The Kier molecular flexibility index (Phi) is 7.33. The predicted molar refractivity (Wildman–Crippen MR) is 193 cm³/mol. The molecule has 0 fully saturated rings. The Morgan fingerprint density at radius 1 is 0.500 bits per heavy atom. The summed E-state index contributed by atoms with van der Waals surface area (Å²) in [7, 11) is 0. The maximum absolute atomic E-state index is 15.1. The van der Waals surface area contributed by atoms with Gasteiger partial charge in [-0.25, -0.2) is 0 Å². The zero-order chi connectivity index (χ0) is 32.8. The number of allylic oxidation sites excluding steroid dienone is 1. The minimum Gasteiger partial charge on any atom is -0.288 e. The van der Waals surface area contributed by atoms with Crippen molar-refractivity contribution < 1.29 is 9.59 Å². The molecular formula is C44H24Cl2O2. The molecule has 2 nitrogen and oxygen atoms in total. The van der Waals surface area contributed by atoms with Crippen molar-refractivity contribution >= 4 is 40.3 Å². The molecular weight excluding hydrogens is 631 g/mol. The van der Waals surface area contributed by atoms with Crippen LogP contribution in [0, 0.1) is 11.8 Å². The van der Waals surface area contributed by atoms with Crippen LogP contribution >= 0.6 is 23.2 Å². The van der Waals surface area contributed by atoms with E-state index in [0.29, 0.717) is 26.7 Å². The number of carbonyl (C=O) groups excluding carboxylic acids is 2. The highest BCUT2D eigenvalue weighted by Gasteiger charge is 2.48.